The summed E-state index contributed by atoms with van der Waals surface area (Å²) in [4.78, 5) is 183. The van der Waals surface area contributed by atoms with Crippen molar-refractivity contribution < 1.29 is 129 Å². The average Bonchev–Trinajstić information content (AvgIpc) is 1.60. The van der Waals surface area contributed by atoms with Gasteiger partial charge in [-0.1, -0.05) is 52.0 Å². The van der Waals surface area contributed by atoms with Gasteiger partial charge in [0.15, 0.2) is 0 Å². The van der Waals surface area contributed by atoms with Gasteiger partial charge in [0.1, 0.15) is 24.5 Å². The number of hydrogen-bond acceptors (Lipinski definition) is 29. The number of ether oxygens (including phenoxy) is 13. The van der Waals surface area contributed by atoms with Gasteiger partial charge in [-0.15, -0.1) is 0 Å². The molecule has 0 saturated heterocycles. The van der Waals surface area contributed by atoms with E-state index < -0.39 is 102 Å². The van der Waals surface area contributed by atoms with Crippen molar-refractivity contribution in [2.75, 3.05) is 220 Å². The van der Waals surface area contributed by atoms with Gasteiger partial charge in [-0.2, -0.15) is 0 Å². The first-order valence-corrected chi connectivity index (χ1v) is 44.3. The van der Waals surface area contributed by atoms with Crippen LogP contribution in [0.2, 0.25) is 0 Å². The molecule has 0 spiro atoms. The fraction of sp³-hybridized carbons (Fsp3) is 0.544. The van der Waals surface area contributed by atoms with Crippen LogP contribution in [0.1, 0.15) is 121 Å². The topological polar surface area (TPSA) is 545 Å². The number of aromatic nitrogens is 1. The lowest BCUT2D eigenvalue weighted by molar-refractivity contribution is -0.138. The maximum atomic E-state index is 14.2. The number of imide groups is 1. The number of benzene rings is 3. The number of rotatable bonds is 67. The minimum atomic E-state index is -1.21. The summed E-state index contributed by atoms with van der Waals surface area (Å²) in [5.41, 5.74) is 16.4. The Labute approximate surface area is 767 Å². The zero-order valence-corrected chi connectivity index (χ0v) is 75.5. The number of nitrogens with zero attached hydrogens (tertiary/aromatic N) is 5. The lowest BCUT2D eigenvalue weighted by Crippen LogP contribution is -2.54. The quantitative estimate of drug-likeness (QED) is 0.0223. The number of carbonyl (C=O) groups is 13. The first kappa shape index (κ1) is 107. The molecule has 0 saturated carbocycles. The van der Waals surface area contributed by atoms with Gasteiger partial charge in [0.05, 0.1) is 208 Å². The number of anilines is 3. The number of nitrogens with one attached hydrogen (secondary N) is 8. The third-order valence-electron chi connectivity index (χ3n) is 19.8. The van der Waals surface area contributed by atoms with Crippen molar-refractivity contribution in [3.8, 4) is 0 Å². The van der Waals surface area contributed by atoms with Crippen molar-refractivity contribution in [1.29, 1.82) is 0 Å². The number of carbonyl (C=O) groups excluding carboxylic acids is 12. The number of hydrogen-bond donors (Lipinski definition) is 11. The highest BCUT2D eigenvalue weighted by molar-refractivity contribution is 6.28. The second-order valence-electron chi connectivity index (χ2n) is 30.5. The number of urea groups is 1. The zero-order valence-electron chi connectivity index (χ0n) is 75.5. The molecule has 0 unspecified atom stereocenters. The molecule has 4 heterocycles. The van der Waals surface area contributed by atoms with Gasteiger partial charge in [-0.05, 0) is 103 Å². The van der Waals surface area contributed by atoms with E-state index in [1.807, 2.05) is 18.7 Å². The molecule has 0 aliphatic carbocycles. The van der Waals surface area contributed by atoms with E-state index in [9.17, 15) is 62.3 Å². The van der Waals surface area contributed by atoms with Gasteiger partial charge in [0, 0.05) is 97.8 Å². The Bertz CT molecular complexity index is 4450. The van der Waals surface area contributed by atoms with E-state index >= 15 is 0 Å². The number of aryl methyl sites for hydroxylation is 1. The number of carboxylic acid groups (broad SMARTS) is 1. The van der Waals surface area contributed by atoms with Crippen LogP contribution in [0.25, 0.3) is 6.08 Å². The van der Waals surface area contributed by atoms with Gasteiger partial charge >= 0.3 is 18.1 Å². The first-order chi connectivity index (χ1) is 63.9. The van der Waals surface area contributed by atoms with Crippen molar-refractivity contribution in [2.45, 2.75) is 111 Å². The van der Waals surface area contributed by atoms with E-state index in [1.54, 1.807) is 74.7 Å². The number of aliphatic imine (C=N–C) groups is 1. The number of aliphatic carboxylic acids is 1. The van der Waals surface area contributed by atoms with Gasteiger partial charge in [-0.25, -0.2) is 19.5 Å². The lowest BCUT2D eigenvalue weighted by Gasteiger charge is -2.28. The maximum absolute atomic E-state index is 14.2. The number of nitrogens with two attached hydrogens (primary N) is 2. The second kappa shape index (κ2) is 61.8. The largest absolute Gasteiger partial charge is 0.481 e. The summed E-state index contributed by atoms with van der Waals surface area (Å²) in [5.74, 6) is -7.19. The zero-order chi connectivity index (χ0) is 95.0. The Morgan fingerprint density at radius 2 is 1.11 bits per heavy atom. The van der Waals surface area contributed by atoms with Crippen LogP contribution in [0.15, 0.2) is 95.6 Å². The molecule has 3 aliphatic heterocycles. The monoisotopic (exact) mass is 1850 g/mol. The van der Waals surface area contributed by atoms with Gasteiger partial charge in [-0.3, -0.25) is 57.7 Å². The van der Waals surface area contributed by atoms with E-state index in [-0.39, 0.29) is 120 Å². The number of amides is 13. The Morgan fingerprint density at radius 3 is 1.65 bits per heavy atom. The van der Waals surface area contributed by atoms with Crippen molar-refractivity contribution in [2.24, 2.45) is 22.4 Å². The fourth-order valence-electron chi connectivity index (χ4n) is 13.1. The van der Waals surface area contributed by atoms with Crippen LogP contribution >= 0.6 is 0 Å². The van der Waals surface area contributed by atoms with E-state index in [0.717, 1.165) is 35.6 Å². The predicted octanol–water partition coefficient (Wildman–Crippen LogP) is 3.16. The molecule has 1 aromatic heterocycles. The second-order valence-corrected chi connectivity index (χ2v) is 30.5. The van der Waals surface area contributed by atoms with Crippen LogP contribution < -0.4 is 58.9 Å². The molecule has 2 atom stereocenters. The highest BCUT2D eigenvalue weighted by Crippen LogP contribution is 2.31. The molecule has 13 N–H and O–H groups in total. The molecule has 13 amide bonds. The molecule has 42 nitrogen and oxygen atoms in total. The number of primary amides is 1. The van der Waals surface area contributed by atoms with Crippen molar-refractivity contribution in [3.05, 3.63) is 130 Å². The first-order valence-electron chi connectivity index (χ1n) is 44.3. The third kappa shape index (κ3) is 41.3. The summed E-state index contributed by atoms with van der Waals surface area (Å²) in [7, 11) is 0. The van der Waals surface area contributed by atoms with Crippen LogP contribution in [-0.2, 0) is 131 Å². The molecule has 0 fully saturated rings. The number of pyridine rings is 1. The highest BCUT2D eigenvalue weighted by atomic mass is 16.6. The summed E-state index contributed by atoms with van der Waals surface area (Å²) in [6, 6.07) is 14.1. The number of carboxylic acids is 1. The summed E-state index contributed by atoms with van der Waals surface area (Å²) in [5, 5.41) is 29.7. The van der Waals surface area contributed by atoms with Crippen LogP contribution in [0.5, 0.6) is 0 Å². The van der Waals surface area contributed by atoms with E-state index in [2.05, 4.69) is 52.5 Å². The fourth-order valence-corrected chi connectivity index (χ4v) is 13.1. The van der Waals surface area contributed by atoms with Crippen molar-refractivity contribution in [3.63, 3.8) is 0 Å². The summed E-state index contributed by atoms with van der Waals surface area (Å²) in [6.45, 7) is 16.9. The summed E-state index contributed by atoms with van der Waals surface area (Å²) in [6.07, 6.45) is 6.78. The molecule has 3 aliphatic rings. The standard InChI is InChI=1S/C90H127N15O27/c1-5-25-103(26-6-2)88(117)67-52-65-11-12-66(54-75(65)100-76(91)55-67)84(113)99-70-53-68-60-104(27-21-73(68)95-57-70)90(119)132-61-63-9-15-69(16-10-63)98-86(115)74(8-7-23-94-89(92)118)101-87(116)83(62(3)4)102-77(106)18-14-64-13-17-71(105-80(109)19-20-81(105)110)56-72(64)85(114)97-59-79(108)96-58-78(107)93-24-29-121-31-33-123-35-37-125-39-41-127-43-45-129-47-49-131-51-50-130-48-46-128-44-42-126-40-38-124-36-34-122-32-30-120-28-22-82(111)112/h9-13,15-17,19-20,52-54,56-57,62,74,83H,5-8,14,18,21-51,55,58-61H2,1-4H3,(H2,91,100)(H,93,107)(H,96,108)(H,97,114)(H,98,115)(H,99,113)(H,101,116)(H,102,106)(H,111,112)(H3,92,94,118)/t74-,83-/m0/s1. The molecular weight excluding hydrogens is 1720 g/mol. The molecule has 724 valence electrons. The number of fused-ring (bicyclic) bond motifs is 2. The molecule has 4 aromatic rings. The highest BCUT2D eigenvalue weighted by Gasteiger charge is 2.32. The van der Waals surface area contributed by atoms with Crippen molar-refractivity contribution in [1.82, 2.24) is 46.7 Å². The van der Waals surface area contributed by atoms with E-state index in [1.165, 1.54) is 23.1 Å². The molecule has 132 heavy (non-hydrogen) atoms. The Hall–Kier alpha value is -11.8. The molecule has 42 heteroatoms. The van der Waals surface area contributed by atoms with Gasteiger partial charge < -0.3 is 130 Å². The SMILES string of the molecule is CCCN(CCC)C(=O)C1=Cc2ccc(C(=O)Nc3cnc4c(c3)CN(C(=O)OCc3ccc(NC(=O)[C@H](CCCNC(N)=O)NC(=O)[C@@H](NC(=O)CCc5ccc(N6C(=O)C=CC6=O)cc5C(=O)NCC(=O)NCC(=O)NCCOCCOCCOCCOCCOCCOCCOCCOCCOCCOCCOCCOCCC(=O)O)C(C)C)cc3)CC4)cc2N=C(N)C1. The molecule has 3 aromatic carbocycles. The third-order valence-corrected chi connectivity index (χ3v) is 19.8. The smallest absolute Gasteiger partial charge is 0.410 e. The molecule has 7 rings (SSSR count). The van der Waals surface area contributed by atoms with E-state index in [4.69, 9.17) is 78.2 Å². The van der Waals surface area contributed by atoms with Crippen LogP contribution in [0.3, 0.4) is 0 Å². The molecular formula is C90H127N15O27. The minimum absolute atomic E-state index is 0.00798. The summed E-state index contributed by atoms with van der Waals surface area (Å²) < 4.78 is 71.2. The van der Waals surface area contributed by atoms with E-state index in [0.29, 0.717) is 203 Å². The predicted molar refractivity (Wildman–Crippen MR) is 481 cm³/mol. The normalized spacial score (nSPS) is 13.2. The van der Waals surface area contributed by atoms with Crippen LogP contribution in [-0.4, -0.2) is 319 Å². The Kier molecular flexibility index (Phi) is 50.2. The van der Waals surface area contributed by atoms with Gasteiger partial charge in [0.2, 0.25) is 35.4 Å². The molecule has 0 radical (unpaired) electrons. The summed E-state index contributed by atoms with van der Waals surface area (Å²) >= 11 is 0. The minimum Gasteiger partial charge on any atom is -0.481 e. The van der Waals surface area contributed by atoms with Crippen LogP contribution in [0.4, 0.5) is 32.3 Å². The Morgan fingerprint density at radius 1 is 0.561 bits per heavy atom. The van der Waals surface area contributed by atoms with Gasteiger partial charge in [0.25, 0.3) is 23.6 Å². The lowest BCUT2D eigenvalue weighted by atomic mass is 9.99. The van der Waals surface area contributed by atoms with Crippen molar-refractivity contribution >= 4 is 112 Å². The number of amidine groups is 1. The maximum Gasteiger partial charge on any atom is 0.410 e. The average molecular weight is 1850 g/mol. The van der Waals surface area contributed by atoms with Crippen LogP contribution in [0, 0.1) is 5.92 Å². The Balaban J connectivity index is 0.741. The molecule has 0 bridgehead atoms.